The Balaban J connectivity index is 1.69. The highest BCUT2D eigenvalue weighted by atomic mass is 35.5. The molecule has 3 atom stereocenters. The molecule has 1 aromatic rings. The van der Waals surface area contributed by atoms with Gasteiger partial charge in [0.15, 0.2) is 0 Å². The summed E-state index contributed by atoms with van der Waals surface area (Å²) in [5.74, 6) is 0.919. The number of nitrogens with zero attached hydrogens (tertiary/aromatic N) is 2. The topological polar surface area (TPSA) is 23.6 Å². The number of hydrogen-bond donors (Lipinski definition) is 0. The van der Waals surface area contributed by atoms with Crippen molar-refractivity contribution in [1.29, 1.82) is 0 Å². The lowest BCUT2D eigenvalue weighted by molar-refractivity contribution is -0.133. The van der Waals surface area contributed by atoms with Crippen LogP contribution < -0.4 is 0 Å². The lowest BCUT2D eigenvalue weighted by Crippen LogP contribution is -2.54. The lowest BCUT2D eigenvalue weighted by atomic mass is 9.81. The molecule has 0 bridgehead atoms. The summed E-state index contributed by atoms with van der Waals surface area (Å²) < 4.78 is 0. The Morgan fingerprint density at radius 1 is 1.20 bits per heavy atom. The van der Waals surface area contributed by atoms with Crippen molar-refractivity contribution in [2.75, 3.05) is 20.1 Å². The molecule has 25 heavy (non-hydrogen) atoms. The molecule has 1 aliphatic heterocycles. The van der Waals surface area contributed by atoms with Crippen molar-refractivity contribution < 1.29 is 4.79 Å². The number of likely N-dealkylation sites (tertiary alicyclic amines) is 1. The molecule has 0 radical (unpaired) electrons. The van der Waals surface area contributed by atoms with E-state index in [1.54, 1.807) is 12.1 Å². The summed E-state index contributed by atoms with van der Waals surface area (Å²) in [6.45, 7) is 4.71. The van der Waals surface area contributed by atoms with Gasteiger partial charge in [0.05, 0.1) is 16.5 Å². The monoisotopic (exact) mass is 382 g/mol. The van der Waals surface area contributed by atoms with Gasteiger partial charge >= 0.3 is 0 Å². The molecule has 2 aliphatic rings. The zero-order chi connectivity index (χ0) is 18.0. The Kier molecular flexibility index (Phi) is 6.30. The molecule has 0 N–H and O–H groups in total. The van der Waals surface area contributed by atoms with E-state index in [4.69, 9.17) is 23.2 Å². The van der Waals surface area contributed by atoms with Crippen molar-refractivity contribution in [3.63, 3.8) is 0 Å². The molecular weight excluding hydrogens is 355 g/mol. The van der Waals surface area contributed by atoms with Gasteiger partial charge in [0.1, 0.15) is 0 Å². The molecule has 1 heterocycles. The second-order valence-electron chi connectivity index (χ2n) is 7.73. The van der Waals surface area contributed by atoms with E-state index in [1.165, 1.54) is 38.8 Å². The van der Waals surface area contributed by atoms with E-state index < -0.39 is 0 Å². The number of amides is 1. The van der Waals surface area contributed by atoms with Crippen LogP contribution in [0.3, 0.4) is 0 Å². The Morgan fingerprint density at radius 2 is 1.92 bits per heavy atom. The summed E-state index contributed by atoms with van der Waals surface area (Å²) in [6.07, 6.45) is 6.48. The van der Waals surface area contributed by atoms with Gasteiger partial charge in [-0.1, -0.05) is 36.2 Å². The first-order valence-electron chi connectivity index (χ1n) is 9.39. The van der Waals surface area contributed by atoms with E-state index in [-0.39, 0.29) is 5.91 Å². The van der Waals surface area contributed by atoms with Crippen LogP contribution in [0, 0.1) is 5.92 Å². The average Bonchev–Trinajstić information content (AvgIpc) is 3.12. The second-order valence-corrected chi connectivity index (χ2v) is 8.54. The van der Waals surface area contributed by atoms with Crippen LogP contribution >= 0.6 is 23.2 Å². The SMILES string of the molecule is CC1CC[C@@H](N(C)C(=O)Cc2ccc(Cl)c(Cl)c2)[C@H](N2CCCC2)C1. The molecule has 5 heteroatoms. The summed E-state index contributed by atoms with van der Waals surface area (Å²) in [7, 11) is 1.98. The summed E-state index contributed by atoms with van der Waals surface area (Å²) in [4.78, 5) is 17.5. The number of carbonyl (C=O) groups is 1. The summed E-state index contributed by atoms with van der Waals surface area (Å²) in [5, 5.41) is 1.04. The molecule has 1 unspecified atom stereocenters. The molecule has 0 spiro atoms. The normalized spacial score (nSPS) is 27.4. The Bertz CT molecular complexity index is 616. The van der Waals surface area contributed by atoms with Crippen LogP contribution in [0.25, 0.3) is 0 Å². The third-order valence-electron chi connectivity index (χ3n) is 5.88. The predicted molar refractivity (Wildman–Crippen MR) is 104 cm³/mol. The minimum absolute atomic E-state index is 0.169. The van der Waals surface area contributed by atoms with Crippen molar-refractivity contribution in [3.05, 3.63) is 33.8 Å². The molecule has 1 saturated heterocycles. The molecule has 0 aromatic heterocycles. The largest absolute Gasteiger partial charge is 0.341 e. The van der Waals surface area contributed by atoms with E-state index in [1.807, 2.05) is 18.0 Å². The van der Waals surface area contributed by atoms with E-state index >= 15 is 0 Å². The van der Waals surface area contributed by atoms with Crippen LogP contribution in [0.1, 0.15) is 44.6 Å². The fraction of sp³-hybridized carbons (Fsp3) is 0.650. The number of carbonyl (C=O) groups excluding carboxylic acids is 1. The maximum absolute atomic E-state index is 12.9. The van der Waals surface area contributed by atoms with Gasteiger partial charge in [0, 0.05) is 19.1 Å². The van der Waals surface area contributed by atoms with Crippen LogP contribution in [0.5, 0.6) is 0 Å². The van der Waals surface area contributed by atoms with Crippen molar-refractivity contribution in [2.45, 2.75) is 57.5 Å². The van der Waals surface area contributed by atoms with Crippen molar-refractivity contribution in [1.82, 2.24) is 9.80 Å². The van der Waals surface area contributed by atoms with Gasteiger partial charge in [0.2, 0.25) is 5.91 Å². The van der Waals surface area contributed by atoms with Crippen LogP contribution in [-0.2, 0) is 11.2 Å². The van der Waals surface area contributed by atoms with Crippen LogP contribution in [0.15, 0.2) is 18.2 Å². The highest BCUT2D eigenvalue weighted by molar-refractivity contribution is 6.42. The first-order chi connectivity index (χ1) is 12.0. The minimum Gasteiger partial charge on any atom is -0.341 e. The standard InChI is InChI=1S/C20H28Cl2N2O/c1-14-5-8-18(19(11-14)24-9-3-4-10-24)23(2)20(25)13-15-6-7-16(21)17(22)12-15/h6-7,12,14,18-19H,3-5,8-11,13H2,1-2H3/t14?,18-,19-/m1/s1. The van der Waals surface area contributed by atoms with Crippen molar-refractivity contribution >= 4 is 29.1 Å². The van der Waals surface area contributed by atoms with Crippen molar-refractivity contribution in [2.24, 2.45) is 5.92 Å². The smallest absolute Gasteiger partial charge is 0.227 e. The van der Waals surface area contributed by atoms with E-state index in [0.717, 1.165) is 17.9 Å². The third kappa shape index (κ3) is 4.50. The summed E-state index contributed by atoms with van der Waals surface area (Å²) in [6, 6.07) is 6.29. The van der Waals surface area contributed by atoms with Gasteiger partial charge in [-0.25, -0.2) is 0 Å². The van der Waals surface area contributed by atoms with Gasteiger partial charge in [-0.3, -0.25) is 9.69 Å². The molecule has 3 rings (SSSR count). The Labute approximate surface area is 161 Å². The highest BCUT2D eigenvalue weighted by Crippen LogP contribution is 2.32. The molecule has 1 saturated carbocycles. The number of halogens is 2. The zero-order valence-electron chi connectivity index (χ0n) is 15.2. The maximum atomic E-state index is 12.9. The van der Waals surface area contributed by atoms with Crippen molar-refractivity contribution in [3.8, 4) is 0 Å². The van der Waals surface area contributed by atoms with Crippen LogP contribution in [0.2, 0.25) is 10.0 Å². The maximum Gasteiger partial charge on any atom is 0.227 e. The van der Waals surface area contributed by atoms with E-state index in [2.05, 4.69) is 11.8 Å². The Hall–Kier alpha value is -0.770. The quantitative estimate of drug-likeness (QED) is 0.756. The Morgan fingerprint density at radius 3 is 2.60 bits per heavy atom. The number of likely N-dealkylation sites (N-methyl/N-ethyl adjacent to an activating group) is 1. The van der Waals surface area contributed by atoms with Gasteiger partial charge in [-0.05, 0) is 68.8 Å². The molecule has 1 amide bonds. The summed E-state index contributed by atoms with van der Waals surface area (Å²) in [5.41, 5.74) is 0.924. The first kappa shape index (κ1) is 19.0. The lowest BCUT2D eigenvalue weighted by Gasteiger charge is -2.44. The molecule has 2 fully saturated rings. The second kappa shape index (κ2) is 8.28. The van der Waals surface area contributed by atoms with Crippen LogP contribution in [0.4, 0.5) is 0 Å². The van der Waals surface area contributed by atoms with Gasteiger partial charge in [-0.2, -0.15) is 0 Å². The van der Waals surface area contributed by atoms with Gasteiger partial charge < -0.3 is 4.90 Å². The highest BCUT2D eigenvalue weighted by Gasteiger charge is 2.37. The predicted octanol–water partition coefficient (Wildman–Crippen LogP) is 4.65. The fourth-order valence-corrected chi connectivity index (χ4v) is 4.71. The van der Waals surface area contributed by atoms with E-state index in [0.29, 0.717) is 28.5 Å². The van der Waals surface area contributed by atoms with Gasteiger partial charge in [0.25, 0.3) is 0 Å². The molecule has 1 aliphatic carbocycles. The number of rotatable bonds is 4. The molecule has 138 valence electrons. The number of benzene rings is 1. The minimum atomic E-state index is 0.169. The first-order valence-corrected chi connectivity index (χ1v) is 10.1. The van der Waals surface area contributed by atoms with E-state index in [9.17, 15) is 4.79 Å². The zero-order valence-corrected chi connectivity index (χ0v) is 16.7. The third-order valence-corrected chi connectivity index (χ3v) is 6.62. The molecular formula is C20H28Cl2N2O. The average molecular weight is 383 g/mol. The van der Waals surface area contributed by atoms with Gasteiger partial charge in [-0.15, -0.1) is 0 Å². The number of hydrogen-bond acceptors (Lipinski definition) is 2. The van der Waals surface area contributed by atoms with Crippen LogP contribution in [-0.4, -0.2) is 47.9 Å². The molecule has 3 nitrogen and oxygen atoms in total. The summed E-state index contributed by atoms with van der Waals surface area (Å²) >= 11 is 12.1. The fourth-order valence-electron chi connectivity index (χ4n) is 4.39. The molecule has 1 aromatic carbocycles.